The Morgan fingerprint density at radius 3 is 2.57 bits per heavy atom. The molecule has 108 valence electrons. The molecule has 0 bridgehead atoms. The van der Waals surface area contributed by atoms with Crippen LogP contribution in [-0.4, -0.2) is 10.7 Å². The van der Waals surface area contributed by atoms with E-state index in [0.29, 0.717) is 22.0 Å². The van der Waals surface area contributed by atoms with Crippen LogP contribution in [0, 0.1) is 17.0 Å². The van der Waals surface area contributed by atoms with Crippen LogP contribution in [0.3, 0.4) is 0 Å². The van der Waals surface area contributed by atoms with Crippen LogP contribution in [0.1, 0.15) is 22.8 Å². The summed E-state index contributed by atoms with van der Waals surface area (Å²) in [4.78, 5) is 22.0. The molecule has 6 heteroatoms. The summed E-state index contributed by atoms with van der Waals surface area (Å²) in [5, 5.41) is 14.7. The van der Waals surface area contributed by atoms with Gasteiger partial charge in [0.15, 0.2) is 5.78 Å². The van der Waals surface area contributed by atoms with Gasteiger partial charge in [0.2, 0.25) is 0 Å². The van der Waals surface area contributed by atoms with Gasteiger partial charge < -0.3 is 5.32 Å². The molecule has 1 N–H and O–H groups in total. The Hall–Kier alpha value is -2.40. The van der Waals surface area contributed by atoms with Gasteiger partial charge in [0.25, 0.3) is 5.69 Å². The summed E-state index contributed by atoms with van der Waals surface area (Å²) in [6.45, 7) is 3.19. The average Bonchev–Trinajstić information content (AvgIpc) is 2.43. The van der Waals surface area contributed by atoms with Gasteiger partial charge in [0.05, 0.1) is 4.92 Å². The summed E-state index contributed by atoms with van der Waals surface area (Å²) in [6, 6.07) is 9.63. The second-order valence-electron chi connectivity index (χ2n) is 4.58. The van der Waals surface area contributed by atoms with Crippen molar-refractivity contribution in [2.75, 3.05) is 5.32 Å². The molecule has 0 saturated carbocycles. The molecule has 2 rings (SSSR count). The number of rotatable bonds is 4. The smallest absolute Gasteiger partial charge is 0.293 e. The van der Waals surface area contributed by atoms with E-state index in [2.05, 4.69) is 5.32 Å². The Labute approximate surface area is 126 Å². The largest absolute Gasteiger partial charge is 0.350 e. The predicted molar refractivity (Wildman–Crippen MR) is 82.6 cm³/mol. The minimum Gasteiger partial charge on any atom is -0.350 e. The number of nitrogens with zero attached hydrogens (tertiary/aromatic N) is 1. The lowest BCUT2D eigenvalue weighted by molar-refractivity contribution is -0.383. The van der Waals surface area contributed by atoms with Gasteiger partial charge in [0.1, 0.15) is 5.69 Å². The number of nitro groups is 1. The van der Waals surface area contributed by atoms with E-state index >= 15 is 0 Å². The molecule has 0 amide bonds. The number of nitro benzene ring substituents is 1. The fourth-order valence-electron chi connectivity index (χ4n) is 1.90. The van der Waals surface area contributed by atoms with Gasteiger partial charge in [-0.05, 0) is 43.7 Å². The average molecular weight is 305 g/mol. The van der Waals surface area contributed by atoms with Crippen molar-refractivity contribution in [3.8, 4) is 0 Å². The molecule has 0 spiro atoms. The van der Waals surface area contributed by atoms with Gasteiger partial charge >= 0.3 is 0 Å². The molecule has 2 aromatic rings. The summed E-state index contributed by atoms with van der Waals surface area (Å²) in [5.41, 5.74) is 1.94. The second-order valence-corrected chi connectivity index (χ2v) is 4.99. The zero-order valence-electron chi connectivity index (χ0n) is 11.5. The number of hydrogen-bond acceptors (Lipinski definition) is 4. The molecule has 0 heterocycles. The quantitative estimate of drug-likeness (QED) is 0.512. The van der Waals surface area contributed by atoms with Gasteiger partial charge in [-0.15, -0.1) is 0 Å². The number of hydrogen-bond donors (Lipinski definition) is 1. The minimum absolute atomic E-state index is 0.151. The van der Waals surface area contributed by atoms with E-state index < -0.39 is 4.92 Å². The van der Waals surface area contributed by atoms with Crippen molar-refractivity contribution in [3.05, 3.63) is 62.7 Å². The minimum atomic E-state index is -0.519. The molecule has 0 atom stereocenters. The summed E-state index contributed by atoms with van der Waals surface area (Å²) < 4.78 is 0. The van der Waals surface area contributed by atoms with E-state index in [0.717, 1.165) is 5.56 Å². The standard InChI is InChI=1S/C15H13ClN2O3/c1-9-12(16)4-3-5-13(9)17-14-7-6-11(10(2)19)8-15(14)18(20)21/h3-8,17H,1-2H3. The number of nitrogens with one attached hydrogen (secondary N) is 1. The first-order valence-electron chi connectivity index (χ1n) is 6.21. The third-order valence-electron chi connectivity index (χ3n) is 3.14. The molecule has 0 aliphatic rings. The number of carbonyl (C=O) groups excluding carboxylic acids is 1. The summed E-state index contributed by atoms with van der Waals surface area (Å²) in [7, 11) is 0. The van der Waals surface area contributed by atoms with Gasteiger partial charge in [0, 0.05) is 22.3 Å². The molecule has 0 fully saturated rings. The summed E-state index contributed by atoms with van der Waals surface area (Å²) in [5.74, 6) is -0.219. The molecule has 0 aliphatic heterocycles. The first kappa shape index (κ1) is 15.0. The van der Waals surface area contributed by atoms with Crippen LogP contribution in [-0.2, 0) is 0 Å². The van der Waals surface area contributed by atoms with Crippen molar-refractivity contribution in [3.63, 3.8) is 0 Å². The third kappa shape index (κ3) is 3.20. The maximum absolute atomic E-state index is 11.3. The van der Waals surface area contributed by atoms with Crippen LogP contribution in [0.5, 0.6) is 0 Å². The topological polar surface area (TPSA) is 72.2 Å². The molecular weight excluding hydrogens is 292 g/mol. The Morgan fingerprint density at radius 1 is 1.24 bits per heavy atom. The molecule has 0 aromatic heterocycles. The summed E-state index contributed by atoms with van der Waals surface area (Å²) in [6.07, 6.45) is 0. The van der Waals surface area contributed by atoms with E-state index in [4.69, 9.17) is 11.6 Å². The Bertz CT molecular complexity index is 729. The van der Waals surface area contributed by atoms with Gasteiger partial charge in [-0.3, -0.25) is 14.9 Å². The monoisotopic (exact) mass is 304 g/mol. The Morgan fingerprint density at radius 2 is 1.95 bits per heavy atom. The van der Waals surface area contributed by atoms with Gasteiger partial charge in [-0.25, -0.2) is 0 Å². The number of halogens is 1. The highest BCUT2D eigenvalue weighted by atomic mass is 35.5. The molecular formula is C15H13ClN2O3. The first-order valence-corrected chi connectivity index (χ1v) is 6.59. The van der Waals surface area contributed by atoms with Crippen molar-refractivity contribution in [2.24, 2.45) is 0 Å². The zero-order valence-corrected chi connectivity index (χ0v) is 12.3. The highest BCUT2D eigenvalue weighted by Gasteiger charge is 2.17. The normalized spacial score (nSPS) is 10.2. The molecule has 5 nitrogen and oxygen atoms in total. The molecule has 0 radical (unpaired) electrons. The number of anilines is 2. The summed E-state index contributed by atoms with van der Waals surface area (Å²) >= 11 is 6.03. The van der Waals surface area contributed by atoms with E-state index in [9.17, 15) is 14.9 Å². The number of benzene rings is 2. The van der Waals surface area contributed by atoms with Crippen molar-refractivity contribution in [1.82, 2.24) is 0 Å². The zero-order chi connectivity index (χ0) is 15.6. The van der Waals surface area contributed by atoms with Crippen molar-refractivity contribution < 1.29 is 9.72 Å². The number of carbonyl (C=O) groups is 1. The maximum atomic E-state index is 11.3. The number of ketones is 1. The molecule has 0 saturated heterocycles. The van der Waals surface area contributed by atoms with Gasteiger partial charge in [-0.2, -0.15) is 0 Å². The lowest BCUT2D eigenvalue weighted by Gasteiger charge is -2.11. The van der Waals surface area contributed by atoms with Crippen molar-refractivity contribution >= 4 is 34.4 Å². The molecule has 21 heavy (non-hydrogen) atoms. The molecule has 0 unspecified atom stereocenters. The van der Waals surface area contributed by atoms with E-state index in [-0.39, 0.29) is 11.5 Å². The van der Waals surface area contributed by atoms with Crippen molar-refractivity contribution in [1.29, 1.82) is 0 Å². The predicted octanol–water partition coefficient (Wildman–Crippen LogP) is 4.50. The van der Waals surface area contributed by atoms with Gasteiger partial charge in [-0.1, -0.05) is 17.7 Å². The van der Waals surface area contributed by atoms with Crippen molar-refractivity contribution in [2.45, 2.75) is 13.8 Å². The fourth-order valence-corrected chi connectivity index (χ4v) is 2.07. The number of Topliss-reactive ketones (excluding diaryl/α,β-unsaturated/α-hetero) is 1. The highest BCUT2D eigenvalue weighted by Crippen LogP contribution is 2.31. The van der Waals surface area contributed by atoms with Crippen LogP contribution < -0.4 is 5.32 Å². The van der Waals surface area contributed by atoms with Crippen LogP contribution in [0.15, 0.2) is 36.4 Å². The Kier molecular flexibility index (Phi) is 4.23. The van der Waals surface area contributed by atoms with Crippen LogP contribution in [0.4, 0.5) is 17.1 Å². The van der Waals surface area contributed by atoms with E-state index in [1.165, 1.54) is 19.1 Å². The molecule has 2 aromatic carbocycles. The van der Waals surface area contributed by atoms with Crippen LogP contribution >= 0.6 is 11.6 Å². The second kappa shape index (κ2) is 5.93. The first-order chi connectivity index (χ1) is 9.90. The van der Waals surface area contributed by atoms with E-state index in [1.807, 2.05) is 6.92 Å². The third-order valence-corrected chi connectivity index (χ3v) is 3.55. The SMILES string of the molecule is CC(=O)c1ccc(Nc2cccc(Cl)c2C)c([N+](=O)[O-])c1. The lowest BCUT2D eigenvalue weighted by Crippen LogP contribution is -2.01. The van der Waals surface area contributed by atoms with E-state index in [1.54, 1.807) is 24.3 Å². The maximum Gasteiger partial charge on any atom is 0.293 e. The lowest BCUT2D eigenvalue weighted by atomic mass is 10.1. The highest BCUT2D eigenvalue weighted by molar-refractivity contribution is 6.31. The molecule has 0 aliphatic carbocycles. The Balaban J connectivity index is 2.46. The van der Waals surface area contributed by atoms with Crippen LogP contribution in [0.25, 0.3) is 0 Å². The fraction of sp³-hybridized carbons (Fsp3) is 0.133. The van der Waals surface area contributed by atoms with Crippen LogP contribution in [0.2, 0.25) is 5.02 Å².